The Morgan fingerprint density at radius 2 is 2.11 bits per heavy atom. The van der Waals surface area contributed by atoms with Gasteiger partial charge in [-0.25, -0.2) is 8.42 Å². The fourth-order valence-corrected chi connectivity index (χ4v) is 7.09. The Bertz CT molecular complexity index is 1430. The van der Waals surface area contributed by atoms with E-state index >= 15 is 0 Å². The summed E-state index contributed by atoms with van der Waals surface area (Å²) in [5.41, 5.74) is 10.2. The maximum absolute atomic E-state index is 11.7. The summed E-state index contributed by atoms with van der Waals surface area (Å²) in [5.74, 6) is 1.01. The van der Waals surface area contributed by atoms with E-state index in [0.29, 0.717) is 41.3 Å². The summed E-state index contributed by atoms with van der Waals surface area (Å²) >= 11 is 7.19. The van der Waals surface area contributed by atoms with Crippen LogP contribution in [-0.2, 0) is 9.84 Å². The van der Waals surface area contributed by atoms with E-state index < -0.39 is 9.84 Å². The molecule has 2 aliphatic heterocycles. The van der Waals surface area contributed by atoms with Crippen LogP contribution < -0.4 is 10.5 Å². The highest BCUT2D eigenvalue weighted by molar-refractivity contribution is 8.15. The highest BCUT2D eigenvalue weighted by Gasteiger charge is 2.28. The first kappa shape index (κ1) is 24.3. The number of aliphatic hydroxyl groups excluding tert-OH is 1. The summed E-state index contributed by atoms with van der Waals surface area (Å²) in [4.78, 5) is 13.4. The number of benzene rings is 1. The minimum Gasteiger partial charge on any atom is -0.490 e. The SMILES string of the molecule is Nc1c(-c2ccc[nH]c2=S)c(OCCO)cc2cc(C3=NCC(CN4CCS(=O)(=O)CC4)S3)[nH]c12. The molecule has 3 aromatic rings. The Balaban J connectivity index is 1.41. The van der Waals surface area contributed by atoms with Gasteiger partial charge in [-0.05, 0) is 24.3 Å². The Morgan fingerprint density at radius 3 is 2.86 bits per heavy atom. The van der Waals surface area contributed by atoms with Crippen molar-refractivity contribution in [2.75, 3.05) is 56.6 Å². The molecule has 2 aliphatic rings. The normalized spacial score (nSPS) is 20.3. The number of rotatable bonds is 7. The molecule has 0 aliphatic carbocycles. The summed E-state index contributed by atoms with van der Waals surface area (Å²) in [6.07, 6.45) is 1.76. The number of nitrogens with one attached hydrogen (secondary N) is 2. The molecule has 2 aromatic heterocycles. The van der Waals surface area contributed by atoms with Crippen molar-refractivity contribution in [3.05, 3.63) is 40.8 Å². The first-order valence-corrected chi connectivity index (χ1v) is 14.5. The minimum absolute atomic E-state index is 0.116. The number of hydrogen-bond acceptors (Lipinski definition) is 9. The van der Waals surface area contributed by atoms with Crippen LogP contribution in [0.1, 0.15) is 5.69 Å². The number of thioether (sulfide) groups is 1. The lowest BCUT2D eigenvalue weighted by molar-refractivity contribution is 0.202. The van der Waals surface area contributed by atoms with Crippen LogP contribution in [0, 0.1) is 4.64 Å². The molecule has 4 heterocycles. The number of aromatic amines is 2. The molecule has 5 rings (SSSR count). The highest BCUT2D eigenvalue weighted by atomic mass is 32.2. The fraction of sp³-hybridized carbons (Fsp3) is 0.391. The second-order valence-corrected chi connectivity index (χ2v) is 12.6. The van der Waals surface area contributed by atoms with Crippen LogP contribution in [0.4, 0.5) is 5.69 Å². The molecule has 0 spiro atoms. The van der Waals surface area contributed by atoms with Crippen molar-refractivity contribution in [3.63, 3.8) is 0 Å². The van der Waals surface area contributed by atoms with Crippen molar-refractivity contribution in [1.29, 1.82) is 0 Å². The number of pyridine rings is 1. The Morgan fingerprint density at radius 1 is 1.31 bits per heavy atom. The number of aliphatic imine (C=N–C) groups is 1. The van der Waals surface area contributed by atoms with Gasteiger partial charge in [0.25, 0.3) is 0 Å². The maximum Gasteiger partial charge on any atom is 0.152 e. The number of aromatic nitrogens is 2. The number of anilines is 1. The molecule has 0 bridgehead atoms. The van der Waals surface area contributed by atoms with E-state index in [1.807, 2.05) is 24.3 Å². The standard InChI is InChI=1S/C23H27N5O4S3/c24-20-19(16-2-1-3-25-22(16)33)18(32-7-6-29)11-14-10-17(27-21(14)20)23-26-12-15(34-23)13-28-4-8-35(30,31)9-5-28/h1-3,10-11,15,27,29H,4-9,12-13,24H2,(H,25,33). The van der Waals surface area contributed by atoms with E-state index in [1.165, 1.54) is 0 Å². The third-order valence-corrected chi connectivity index (χ3v) is 9.35. The van der Waals surface area contributed by atoms with Crippen LogP contribution in [0.2, 0.25) is 0 Å². The second-order valence-electron chi connectivity index (χ2n) is 8.63. The molecular formula is C23H27N5O4S3. The number of aliphatic hydroxyl groups is 1. The molecule has 35 heavy (non-hydrogen) atoms. The zero-order valence-corrected chi connectivity index (χ0v) is 21.4. The lowest BCUT2D eigenvalue weighted by Crippen LogP contribution is -2.43. The fourth-order valence-electron chi connectivity index (χ4n) is 4.44. The van der Waals surface area contributed by atoms with Gasteiger partial charge in [0, 0.05) is 42.0 Å². The predicted octanol–water partition coefficient (Wildman–Crippen LogP) is 2.44. The summed E-state index contributed by atoms with van der Waals surface area (Å²) < 4.78 is 29.8. The second kappa shape index (κ2) is 9.94. The van der Waals surface area contributed by atoms with Crippen LogP contribution in [0.3, 0.4) is 0 Å². The number of nitrogen functional groups attached to an aromatic ring is 1. The highest BCUT2D eigenvalue weighted by Crippen LogP contribution is 2.41. The summed E-state index contributed by atoms with van der Waals surface area (Å²) in [6.45, 7) is 2.68. The number of sulfone groups is 1. The van der Waals surface area contributed by atoms with Gasteiger partial charge in [-0.15, -0.1) is 0 Å². The number of fused-ring (bicyclic) bond motifs is 1. The summed E-state index contributed by atoms with van der Waals surface area (Å²) in [7, 11) is -2.88. The van der Waals surface area contributed by atoms with Gasteiger partial charge in [-0.1, -0.05) is 24.0 Å². The Hall–Kier alpha value is -2.38. The van der Waals surface area contributed by atoms with Crippen molar-refractivity contribution in [3.8, 4) is 16.9 Å². The van der Waals surface area contributed by atoms with Gasteiger partial charge in [-0.3, -0.25) is 4.99 Å². The number of nitrogens with two attached hydrogens (primary N) is 1. The van der Waals surface area contributed by atoms with E-state index in [4.69, 9.17) is 27.7 Å². The molecule has 12 heteroatoms. The van der Waals surface area contributed by atoms with Crippen LogP contribution in [-0.4, -0.2) is 89.6 Å². The topological polar surface area (TPSA) is 137 Å². The van der Waals surface area contributed by atoms with Gasteiger partial charge in [0.15, 0.2) is 9.84 Å². The predicted molar refractivity (Wildman–Crippen MR) is 144 cm³/mol. The first-order valence-electron chi connectivity index (χ1n) is 11.4. The third-order valence-electron chi connectivity index (χ3n) is 6.20. The average Bonchev–Trinajstić information content (AvgIpc) is 3.47. The van der Waals surface area contributed by atoms with Crippen LogP contribution in [0.15, 0.2) is 35.5 Å². The molecule has 1 aromatic carbocycles. The van der Waals surface area contributed by atoms with Gasteiger partial charge >= 0.3 is 0 Å². The Labute approximate surface area is 212 Å². The van der Waals surface area contributed by atoms with E-state index in [0.717, 1.165) is 33.7 Å². The van der Waals surface area contributed by atoms with Crippen molar-refractivity contribution < 1.29 is 18.3 Å². The molecule has 1 atom stereocenters. The zero-order chi connectivity index (χ0) is 24.6. The van der Waals surface area contributed by atoms with E-state index in [1.54, 1.807) is 18.0 Å². The number of nitrogens with zero attached hydrogens (tertiary/aromatic N) is 2. The average molecular weight is 534 g/mol. The van der Waals surface area contributed by atoms with Gasteiger partial charge < -0.3 is 30.4 Å². The summed E-state index contributed by atoms with van der Waals surface area (Å²) in [6, 6.07) is 7.66. The quantitative estimate of drug-likeness (QED) is 0.269. The first-order chi connectivity index (χ1) is 16.8. The van der Waals surface area contributed by atoms with E-state index in [-0.39, 0.29) is 30.0 Å². The number of hydrogen-bond donors (Lipinski definition) is 4. The van der Waals surface area contributed by atoms with Gasteiger partial charge in [0.2, 0.25) is 0 Å². The van der Waals surface area contributed by atoms with Crippen LogP contribution >= 0.6 is 24.0 Å². The van der Waals surface area contributed by atoms with Crippen molar-refractivity contribution in [1.82, 2.24) is 14.9 Å². The number of H-pyrrole nitrogens is 2. The zero-order valence-electron chi connectivity index (χ0n) is 19.0. The smallest absolute Gasteiger partial charge is 0.152 e. The lowest BCUT2D eigenvalue weighted by atomic mass is 10.0. The van der Waals surface area contributed by atoms with Gasteiger partial charge in [0.1, 0.15) is 22.0 Å². The third kappa shape index (κ3) is 5.12. The van der Waals surface area contributed by atoms with E-state index in [2.05, 4.69) is 14.9 Å². The van der Waals surface area contributed by atoms with Gasteiger partial charge in [-0.2, -0.15) is 0 Å². The molecule has 0 radical (unpaired) electrons. The molecule has 0 saturated carbocycles. The largest absolute Gasteiger partial charge is 0.490 e. The number of ether oxygens (including phenoxy) is 1. The molecule has 1 saturated heterocycles. The van der Waals surface area contributed by atoms with E-state index in [9.17, 15) is 13.5 Å². The van der Waals surface area contributed by atoms with Crippen LogP contribution in [0.25, 0.3) is 22.0 Å². The van der Waals surface area contributed by atoms with Gasteiger partial charge in [0.05, 0.1) is 47.1 Å². The Kier molecular flexibility index (Phi) is 6.91. The molecule has 9 nitrogen and oxygen atoms in total. The van der Waals surface area contributed by atoms with Crippen molar-refractivity contribution in [2.45, 2.75) is 5.25 Å². The van der Waals surface area contributed by atoms with Crippen molar-refractivity contribution >= 4 is 55.5 Å². The summed E-state index contributed by atoms with van der Waals surface area (Å²) in [5, 5.41) is 11.4. The lowest BCUT2D eigenvalue weighted by Gasteiger charge is -2.28. The molecule has 186 valence electrons. The van der Waals surface area contributed by atoms with Crippen molar-refractivity contribution in [2.24, 2.45) is 4.99 Å². The maximum atomic E-state index is 11.7. The van der Waals surface area contributed by atoms with Crippen LogP contribution in [0.5, 0.6) is 5.75 Å². The molecular weight excluding hydrogens is 506 g/mol. The molecule has 1 unspecified atom stereocenters. The molecule has 5 N–H and O–H groups in total. The minimum atomic E-state index is -2.88. The molecule has 0 amide bonds. The molecule has 1 fully saturated rings. The monoisotopic (exact) mass is 533 g/mol.